The van der Waals surface area contributed by atoms with Crippen LogP contribution in [0.3, 0.4) is 0 Å². The number of carbonyl (C=O) groups is 2. The van der Waals surface area contributed by atoms with E-state index in [2.05, 4.69) is 5.32 Å². The third-order valence-electron chi connectivity index (χ3n) is 3.91. The molecule has 0 aliphatic heterocycles. The number of ether oxygens (including phenoxy) is 2. The fourth-order valence-corrected chi connectivity index (χ4v) is 2.47. The van der Waals surface area contributed by atoms with E-state index in [0.717, 1.165) is 16.7 Å². The van der Waals surface area contributed by atoms with Crippen molar-refractivity contribution in [2.75, 3.05) is 13.2 Å². The highest BCUT2D eigenvalue weighted by atomic mass is 16.5. The molecule has 0 aromatic heterocycles. The lowest BCUT2D eigenvalue weighted by molar-refractivity contribution is -0.137. The molecule has 0 aliphatic rings. The predicted molar refractivity (Wildman–Crippen MR) is 102 cm³/mol. The number of aryl methyl sites for hydroxylation is 2. The van der Waals surface area contributed by atoms with Gasteiger partial charge in [0.2, 0.25) is 0 Å². The maximum Gasteiger partial charge on any atom is 0.303 e. The van der Waals surface area contributed by atoms with E-state index in [1.165, 1.54) is 0 Å². The third-order valence-corrected chi connectivity index (χ3v) is 3.91. The third kappa shape index (κ3) is 7.40. The molecule has 27 heavy (non-hydrogen) atoms. The number of hydrogen-bond donors (Lipinski definition) is 2. The molecule has 0 aliphatic carbocycles. The summed E-state index contributed by atoms with van der Waals surface area (Å²) in [6.45, 7) is 4.68. The lowest BCUT2D eigenvalue weighted by Crippen LogP contribution is -2.28. The van der Waals surface area contributed by atoms with E-state index in [1.807, 2.05) is 44.2 Å². The molecule has 144 valence electrons. The predicted octanol–water partition coefficient (Wildman–Crippen LogP) is 3.24. The second-order valence-corrected chi connectivity index (χ2v) is 6.32. The molecule has 2 aromatic carbocycles. The van der Waals surface area contributed by atoms with Crippen molar-refractivity contribution < 1.29 is 24.2 Å². The number of hydrogen-bond acceptors (Lipinski definition) is 4. The van der Waals surface area contributed by atoms with Crippen LogP contribution in [-0.4, -0.2) is 30.2 Å². The molecule has 0 saturated heterocycles. The number of amides is 1. The minimum Gasteiger partial charge on any atom is -0.494 e. The van der Waals surface area contributed by atoms with Crippen molar-refractivity contribution in [1.82, 2.24) is 5.32 Å². The van der Waals surface area contributed by atoms with E-state index < -0.39 is 5.97 Å². The van der Waals surface area contributed by atoms with Gasteiger partial charge in [-0.2, -0.15) is 0 Å². The Morgan fingerprint density at radius 1 is 1.04 bits per heavy atom. The fourth-order valence-electron chi connectivity index (χ4n) is 2.47. The zero-order valence-corrected chi connectivity index (χ0v) is 15.7. The summed E-state index contributed by atoms with van der Waals surface area (Å²) >= 11 is 0. The van der Waals surface area contributed by atoms with Crippen LogP contribution in [0.25, 0.3) is 0 Å². The van der Waals surface area contributed by atoms with Crippen molar-refractivity contribution in [1.29, 1.82) is 0 Å². The Hall–Kier alpha value is -3.02. The average Bonchev–Trinajstić information content (AvgIpc) is 2.63. The summed E-state index contributed by atoms with van der Waals surface area (Å²) in [5, 5.41) is 11.4. The Morgan fingerprint density at radius 2 is 1.78 bits per heavy atom. The van der Waals surface area contributed by atoms with Crippen molar-refractivity contribution in [3.63, 3.8) is 0 Å². The number of aliphatic carboxylic acids is 1. The van der Waals surface area contributed by atoms with Crippen molar-refractivity contribution in [3.8, 4) is 11.5 Å². The highest BCUT2D eigenvalue weighted by Crippen LogP contribution is 2.18. The van der Waals surface area contributed by atoms with Gasteiger partial charge in [-0.3, -0.25) is 9.59 Å². The Kier molecular flexibility index (Phi) is 7.67. The number of benzene rings is 2. The topological polar surface area (TPSA) is 84.9 Å². The van der Waals surface area contributed by atoms with Crippen LogP contribution in [0.2, 0.25) is 0 Å². The average molecular weight is 371 g/mol. The fraction of sp³-hybridized carbons (Fsp3) is 0.333. The maximum absolute atomic E-state index is 12.0. The molecule has 0 unspecified atom stereocenters. The maximum atomic E-state index is 12.0. The summed E-state index contributed by atoms with van der Waals surface area (Å²) in [7, 11) is 0. The first kappa shape index (κ1) is 20.3. The van der Waals surface area contributed by atoms with Crippen LogP contribution in [0.15, 0.2) is 42.5 Å². The monoisotopic (exact) mass is 371 g/mol. The van der Waals surface area contributed by atoms with Crippen LogP contribution >= 0.6 is 0 Å². The smallest absolute Gasteiger partial charge is 0.303 e. The molecule has 2 rings (SSSR count). The standard InChI is InChI=1S/C21H25NO5/c1-15-5-10-19(16(2)12-15)27-14-20(23)22-13-17-6-8-18(9-7-17)26-11-3-4-21(24)25/h5-10,12H,3-4,11,13-14H2,1-2H3,(H,22,23)(H,24,25). The van der Waals surface area contributed by atoms with Gasteiger partial charge < -0.3 is 19.9 Å². The highest BCUT2D eigenvalue weighted by molar-refractivity contribution is 5.77. The van der Waals surface area contributed by atoms with Crippen molar-refractivity contribution in [2.45, 2.75) is 33.2 Å². The van der Waals surface area contributed by atoms with Gasteiger partial charge >= 0.3 is 5.97 Å². The molecular weight excluding hydrogens is 346 g/mol. The van der Waals surface area contributed by atoms with Crippen LogP contribution in [0.1, 0.15) is 29.5 Å². The molecule has 0 fully saturated rings. The second-order valence-electron chi connectivity index (χ2n) is 6.32. The Bertz CT molecular complexity index is 771. The summed E-state index contributed by atoms with van der Waals surface area (Å²) < 4.78 is 11.0. The lowest BCUT2D eigenvalue weighted by Gasteiger charge is -2.10. The zero-order valence-electron chi connectivity index (χ0n) is 15.7. The van der Waals surface area contributed by atoms with Gasteiger partial charge in [-0.1, -0.05) is 29.8 Å². The van der Waals surface area contributed by atoms with Crippen LogP contribution in [-0.2, 0) is 16.1 Å². The number of carboxylic acids is 1. The molecule has 0 radical (unpaired) electrons. The number of nitrogens with one attached hydrogen (secondary N) is 1. The SMILES string of the molecule is Cc1ccc(OCC(=O)NCc2ccc(OCCCC(=O)O)cc2)c(C)c1. The van der Waals surface area contributed by atoms with E-state index in [1.54, 1.807) is 12.1 Å². The first-order valence-electron chi connectivity index (χ1n) is 8.84. The summed E-state index contributed by atoms with van der Waals surface area (Å²) in [6, 6.07) is 13.1. The van der Waals surface area contributed by atoms with Gasteiger partial charge in [-0.05, 0) is 49.6 Å². The molecule has 2 aromatic rings. The Morgan fingerprint density at radius 3 is 2.44 bits per heavy atom. The van der Waals surface area contributed by atoms with Gasteiger partial charge in [-0.15, -0.1) is 0 Å². The second kappa shape index (κ2) is 10.2. The van der Waals surface area contributed by atoms with Gasteiger partial charge in [-0.25, -0.2) is 0 Å². The van der Waals surface area contributed by atoms with Crippen LogP contribution in [0.4, 0.5) is 0 Å². The zero-order chi connectivity index (χ0) is 19.6. The molecule has 6 nitrogen and oxygen atoms in total. The van der Waals surface area contributed by atoms with Crippen molar-refractivity contribution in [3.05, 3.63) is 59.2 Å². The quantitative estimate of drug-likeness (QED) is 0.626. The summed E-state index contributed by atoms with van der Waals surface area (Å²) in [5.74, 6) is 0.365. The number of carbonyl (C=O) groups excluding carboxylic acids is 1. The van der Waals surface area contributed by atoms with Gasteiger partial charge in [0, 0.05) is 13.0 Å². The molecule has 6 heteroatoms. The molecule has 0 saturated carbocycles. The minimum atomic E-state index is -0.828. The number of rotatable bonds is 10. The van der Waals surface area contributed by atoms with E-state index >= 15 is 0 Å². The summed E-state index contributed by atoms with van der Waals surface area (Å²) in [4.78, 5) is 22.4. The number of carboxylic acid groups (broad SMARTS) is 1. The first-order chi connectivity index (χ1) is 12.9. The Labute approximate surface area is 159 Å². The normalized spacial score (nSPS) is 10.3. The van der Waals surface area contributed by atoms with Crippen LogP contribution < -0.4 is 14.8 Å². The largest absolute Gasteiger partial charge is 0.494 e. The molecule has 0 spiro atoms. The minimum absolute atomic E-state index is 0.0331. The first-order valence-corrected chi connectivity index (χ1v) is 8.84. The van der Waals surface area contributed by atoms with Crippen LogP contribution in [0.5, 0.6) is 11.5 Å². The molecule has 1 amide bonds. The molecule has 0 bridgehead atoms. The van der Waals surface area contributed by atoms with Gasteiger partial charge in [0.25, 0.3) is 5.91 Å². The van der Waals surface area contributed by atoms with Gasteiger partial charge in [0.1, 0.15) is 11.5 Å². The van der Waals surface area contributed by atoms with Gasteiger partial charge in [0.05, 0.1) is 6.61 Å². The van der Waals surface area contributed by atoms with Crippen molar-refractivity contribution >= 4 is 11.9 Å². The molecule has 0 heterocycles. The van der Waals surface area contributed by atoms with E-state index in [4.69, 9.17) is 14.6 Å². The highest BCUT2D eigenvalue weighted by Gasteiger charge is 2.05. The van der Waals surface area contributed by atoms with E-state index in [9.17, 15) is 9.59 Å². The van der Waals surface area contributed by atoms with E-state index in [-0.39, 0.29) is 18.9 Å². The Balaban J connectivity index is 1.70. The van der Waals surface area contributed by atoms with Crippen LogP contribution in [0, 0.1) is 13.8 Å². The van der Waals surface area contributed by atoms with E-state index in [0.29, 0.717) is 31.1 Å². The molecular formula is C21H25NO5. The summed E-state index contributed by atoms with van der Waals surface area (Å²) in [6.07, 6.45) is 0.557. The van der Waals surface area contributed by atoms with Crippen molar-refractivity contribution in [2.24, 2.45) is 0 Å². The lowest BCUT2D eigenvalue weighted by atomic mass is 10.1. The molecule has 2 N–H and O–H groups in total. The molecule has 0 atom stereocenters. The van der Waals surface area contributed by atoms with Gasteiger partial charge in [0.15, 0.2) is 6.61 Å². The summed E-state index contributed by atoms with van der Waals surface area (Å²) in [5.41, 5.74) is 3.09.